The maximum atomic E-state index is 15.6. The lowest BCUT2D eigenvalue weighted by Crippen LogP contribution is -2.41. The van der Waals surface area contributed by atoms with Crippen LogP contribution in [-0.4, -0.2) is 33.1 Å². The van der Waals surface area contributed by atoms with Crippen molar-refractivity contribution in [2.45, 2.75) is 24.7 Å². The number of aromatic nitrogens is 2. The number of carbonyl (C=O) groups is 2. The van der Waals surface area contributed by atoms with Crippen LogP contribution in [0.25, 0.3) is 22.0 Å². The largest absolute Gasteiger partial charge is 0.416 e. The summed E-state index contributed by atoms with van der Waals surface area (Å²) in [5, 5.41) is 17.8. The van der Waals surface area contributed by atoms with Crippen LogP contribution >= 0.6 is 11.6 Å². The van der Waals surface area contributed by atoms with Crippen LogP contribution in [0.2, 0.25) is 5.02 Å². The number of alkyl halides is 5. The number of primary amides is 1. The van der Waals surface area contributed by atoms with E-state index in [4.69, 9.17) is 17.3 Å². The van der Waals surface area contributed by atoms with Crippen LogP contribution in [0.5, 0.6) is 0 Å². The van der Waals surface area contributed by atoms with Gasteiger partial charge in [0.25, 0.3) is 5.91 Å². The molecule has 214 valence electrons. The van der Waals surface area contributed by atoms with Crippen molar-refractivity contribution < 1.29 is 45.4 Å². The van der Waals surface area contributed by atoms with Crippen LogP contribution in [-0.2, 0) is 25.4 Å². The van der Waals surface area contributed by atoms with E-state index in [2.05, 4.69) is 10.4 Å². The Morgan fingerprint density at radius 1 is 1.17 bits per heavy atom. The van der Waals surface area contributed by atoms with Crippen LogP contribution in [0, 0.1) is 11.6 Å². The lowest BCUT2D eigenvalue weighted by atomic mass is 9.83. The summed E-state index contributed by atoms with van der Waals surface area (Å²) in [5.74, 6) is -5.15. The highest BCUT2D eigenvalue weighted by molar-refractivity contribution is 6.31. The van der Waals surface area contributed by atoms with Gasteiger partial charge in [-0.3, -0.25) is 14.3 Å². The number of benzene rings is 3. The molecular formula is C26H16ClF7N4O3. The molecule has 0 saturated carbocycles. The Hall–Kier alpha value is -4.17. The standard InChI is InChI=1S/C26H16ClF7N4O3/c1-38-17(8-18(30)31)11-7-12(19-13(23(35)39)4-9(5-16(19)29)26(32,33)34)21-20(22(11)37-38)24(40)36-25(21,41)14-6-10(28)2-3-15(14)27/h2-7,18,41H,8H2,1H3,(H2,35,39)(H,36,40). The van der Waals surface area contributed by atoms with Gasteiger partial charge in [-0.1, -0.05) is 11.6 Å². The Labute approximate surface area is 230 Å². The van der Waals surface area contributed by atoms with Gasteiger partial charge in [-0.05, 0) is 42.0 Å². The maximum Gasteiger partial charge on any atom is 0.416 e. The number of nitrogens with one attached hydrogen (secondary N) is 1. The van der Waals surface area contributed by atoms with Gasteiger partial charge in [-0.25, -0.2) is 17.6 Å². The predicted molar refractivity (Wildman–Crippen MR) is 131 cm³/mol. The zero-order chi connectivity index (χ0) is 30.2. The summed E-state index contributed by atoms with van der Waals surface area (Å²) in [6, 6.07) is 4.08. The molecule has 1 aliphatic heterocycles. The van der Waals surface area contributed by atoms with E-state index in [1.165, 1.54) is 7.05 Å². The predicted octanol–water partition coefficient (Wildman–Crippen LogP) is 5.03. The number of aliphatic hydroxyl groups is 1. The Bertz CT molecular complexity index is 1790. The Kier molecular flexibility index (Phi) is 6.54. The zero-order valence-electron chi connectivity index (χ0n) is 20.5. The van der Waals surface area contributed by atoms with E-state index in [0.717, 1.165) is 28.9 Å². The molecule has 15 heteroatoms. The molecule has 0 bridgehead atoms. The number of nitrogens with zero attached hydrogens (tertiary/aromatic N) is 2. The smallest absolute Gasteiger partial charge is 0.366 e. The molecular weight excluding hydrogens is 585 g/mol. The van der Waals surface area contributed by atoms with Crippen LogP contribution in [0.1, 0.15) is 43.1 Å². The Balaban J connectivity index is 1.99. The van der Waals surface area contributed by atoms with Crippen molar-refractivity contribution in [3.05, 3.63) is 86.6 Å². The average Bonchev–Trinajstić information content (AvgIpc) is 3.31. The number of hydrogen-bond acceptors (Lipinski definition) is 4. The van der Waals surface area contributed by atoms with Crippen molar-refractivity contribution >= 4 is 34.3 Å². The Morgan fingerprint density at radius 2 is 1.85 bits per heavy atom. The second kappa shape index (κ2) is 9.45. The molecule has 3 aromatic carbocycles. The molecule has 7 nitrogen and oxygen atoms in total. The minimum Gasteiger partial charge on any atom is -0.366 e. The van der Waals surface area contributed by atoms with E-state index in [0.29, 0.717) is 0 Å². The number of carbonyl (C=O) groups excluding carboxylic acids is 2. The van der Waals surface area contributed by atoms with E-state index in [1.807, 2.05) is 0 Å². The van der Waals surface area contributed by atoms with Crippen molar-refractivity contribution in [3.63, 3.8) is 0 Å². The van der Waals surface area contributed by atoms with Crippen molar-refractivity contribution in [3.8, 4) is 11.1 Å². The summed E-state index contributed by atoms with van der Waals surface area (Å²) in [6.45, 7) is 0. The van der Waals surface area contributed by atoms with Gasteiger partial charge in [0.15, 0.2) is 5.72 Å². The van der Waals surface area contributed by atoms with E-state index >= 15 is 4.39 Å². The number of hydrogen-bond donors (Lipinski definition) is 3. The highest BCUT2D eigenvalue weighted by Gasteiger charge is 2.49. The summed E-state index contributed by atoms with van der Waals surface area (Å²) in [7, 11) is 1.28. The van der Waals surface area contributed by atoms with E-state index in [9.17, 15) is 41.0 Å². The van der Waals surface area contributed by atoms with Gasteiger partial charge >= 0.3 is 6.18 Å². The minimum atomic E-state index is -5.10. The first-order valence-corrected chi connectivity index (χ1v) is 11.9. The third kappa shape index (κ3) is 4.47. The molecule has 0 aliphatic carbocycles. The van der Waals surface area contributed by atoms with Gasteiger partial charge in [0.2, 0.25) is 12.3 Å². The van der Waals surface area contributed by atoms with Gasteiger partial charge in [-0.2, -0.15) is 18.3 Å². The summed E-state index contributed by atoms with van der Waals surface area (Å²) in [6.07, 6.45) is -8.91. The van der Waals surface area contributed by atoms with Gasteiger partial charge in [0.1, 0.15) is 17.2 Å². The van der Waals surface area contributed by atoms with Crippen LogP contribution in [0.15, 0.2) is 36.4 Å². The molecule has 4 aromatic rings. The van der Waals surface area contributed by atoms with Crippen molar-refractivity contribution in [1.82, 2.24) is 15.1 Å². The fraction of sp³-hybridized carbons (Fsp3) is 0.192. The van der Waals surface area contributed by atoms with Gasteiger partial charge in [-0.15, -0.1) is 0 Å². The first kappa shape index (κ1) is 28.4. The fourth-order valence-corrected chi connectivity index (χ4v) is 5.32. The number of fused-ring (bicyclic) bond motifs is 3. The SMILES string of the molecule is Cn1nc2c3c(c(-c4c(F)cc(C(F)(F)F)cc4C(N)=O)cc2c1CC(F)F)C(O)(c1cc(F)ccc1Cl)NC3=O. The number of halogens is 8. The third-order valence-corrected chi connectivity index (χ3v) is 7.08. The maximum absolute atomic E-state index is 15.6. The molecule has 0 spiro atoms. The second-order valence-corrected chi connectivity index (χ2v) is 9.67. The molecule has 2 heterocycles. The summed E-state index contributed by atoms with van der Waals surface area (Å²) in [4.78, 5) is 25.7. The normalized spacial score (nSPS) is 16.9. The third-order valence-electron chi connectivity index (χ3n) is 6.75. The van der Waals surface area contributed by atoms with Crippen LogP contribution in [0.3, 0.4) is 0 Å². The van der Waals surface area contributed by atoms with Crippen molar-refractivity contribution in [2.24, 2.45) is 12.8 Å². The van der Waals surface area contributed by atoms with E-state index in [1.54, 1.807) is 0 Å². The topological polar surface area (TPSA) is 110 Å². The van der Waals surface area contributed by atoms with Crippen LogP contribution < -0.4 is 11.1 Å². The zero-order valence-corrected chi connectivity index (χ0v) is 21.3. The Morgan fingerprint density at radius 3 is 2.46 bits per heavy atom. The van der Waals surface area contributed by atoms with E-state index < -0.39 is 87.1 Å². The fourth-order valence-electron chi connectivity index (χ4n) is 5.07. The van der Waals surface area contributed by atoms with Gasteiger partial charge in [0.05, 0.1) is 28.8 Å². The molecule has 1 aromatic heterocycles. The number of rotatable bonds is 5. The molecule has 1 atom stereocenters. The first-order valence-electron chi connectivity index (χ1n) is 11.6. The molecule has 1 unspecified atom stereocenters. The molecule has 0 fully saturated rings. The highest BCUT2D eigenvalue weighted by Crippen LogP contribution is 2.48. The van der Waals surface area contributed by atoms with Crippen molar-refractivity contribution in [2.75, 3.05) is 0 Å². The van der Waals surface area contributed by atoms with Crippen LogP contribution in [0.4, 0.5) is 30.7 Å². The molecule has 0 radical (unpaired) electrons. The minimum absolute atomic E-state index is 0.0695. The lowest BCUT2D eigenvalue weighted by Gasteiger charge is -2.28. The molecule has 0 saturated heterocycles. The number of nitrogens with two attached hydrogens (primary N) is 1. The molecule has 1 aliphatic rings. The van der Waals surface area contributed by atoms with Gasteiger partial charge in [0, 0.05) is 34.1 Å². The summed E-state index contributed by atoms with van der Waals surface area (Å²) >= 11 is 6.21. The molecule has 41 heavy (non-hydrogen) atoms. The molecule has 5 rings (SSSR count). The summed E-state index contributed by atoms with van der Waals surface area (Å²) < 4.78 is 98.3. The van der Waals surface area contributed by atoms with Gasteiger partial charge < -0.3 is 16.2 Å². The quantitative estimate of drug-likeness (QED) is 0.279. The monoisotopic (exact) mass is 600 g/mol. The number of aryl methyl sites for hydroxylation is 1. The first-order chi connectivity index (χ1) is 19.0. The average molecular weight is 601 g/mol. The summed E-state index contributed by atoms with van der Waals surface area (Å²) in [5.41, 5.74) is -3.33. The highest BCUT2D eigenvalue weighted by atomic mass is 35.5. The molecule has 4 N–H and O–H groups in total. The second-order valence-electron chi connectivity index (χ2n) is 9.27. The van der Waals surface area contributed by atoms with Crippen molar-refractivity contribution in [1.29, 1.82) is 0 Å². The molecule has 2 amide bonds. The lowest BCUT2D eigenvalue weighted by molar-refractivity contribution is -0.137. The van der Waals surface area contributed by atoms with E-state index in [-0.39, 0.29) is 33.8 Å². The number of amides is 2.